The zero-order valence-electron chi connectivity index (χ0n) is 35.0. The molecule has 1 N–H and O–H groups in total. The molecule has 1 aliphatic carbocycles. The molecule has 0 bridgehead atoms. The average Bonchev–Trinajstić information content (AvgIpc) is 3.81. The van der Waals surface area contributed by atoms with Gasteiger partial charge < -0.3 is 33.4 Å². The normalized spacial score (nSPS) is 14.8. The number of aldehydes is 1. The average molecular weight is 819 g/mol. The van der Waals surface area contributed by atoms with E-state index < -0.39 is 0 Å². The van der Waals surface area contributed by atoms with Crippen LogP contribution >= 0.6 is 23.2 Å². The van der Waals surface area contributed by atoms with E-state index in [1.54, 1.807) is 14.2 Å². The Labute approximate surface area is 346 Å². The molecule has 2 aromatic carbocycles. The van der Waals surface area contributed by atoms with Crippen molar-refractivity contribution in [1.29, 1.82) is 0 Å². The van der Waals surface area contributed by atoms with Crippen LogP contribution in [0, 0.1) is 13.8 Å². The number of halogens is 2. The second kappa shape index (κ2) is 19.0. The van der Waals surface area contributed by atoms with Crippen LogP contribution in [0.1, 0.15) is 72.7 Å². The Morgan fingerprint density at radius 3 is 2.42 bits per heavy atom. The maximum Gasteiger partial charge on any atom is 0.166 e. The number of ether oxygens (including phenoxy) is 3. The van der Waals surface area contributed by atoms with E-state index in [9.17, 15) is 4.79 Å². The summed E-state index contributed by atoms with van der Waals surface area (Å²) in [5.74, 6) is 0.754. The Balaban J connectivity index is 0.00000305. The standard InChI is InChI=1S/C44H53Cl2N5O4.CH4O/c1-11-31-24-50(16-18-53-9)43-36(31)21-32(54-10)22-38(43)48(7)23-28(4)51-39(25-52)34(13-12-17-55-33-19-26(2)42(46)27(3)20-33)35-14-15-37(45)41(44(35)51)40-29(5)47-49(8)30(40)6;1-2/h11,14-15,19,21-22,24-25,28,33H,1,12-13,16-18,20,23H2,2-10H3;2H,1H3/t28-,33?;/m1./s1. The van der Waals surface area contributed by atoms with Crippen molar-refractivity contribution in [2.75, 3.05) is 53.0 Å². The molecule has 0 radical (unpaired) electrons. The van der Waals surface area contributed by atoms with Crippen molar-refractivity contribution in [1.82, 2.24) is 18.9 Å². The number of carbonyl (C=O) groups excluding carboxylic acids is 1. The van der Waals surface area contributed by atoms with E-state index >= 15 is 0 Å². The van der Waals surface area contributed by atoms with Crippen molar-refractivity contribution < 1.29 is 24.1 Å². The summed E-state index contributed by atoms with van der Waals surface area (Å²) in [4.78, 5) is 15.6. The number of hydrogen-bond donors (Lipinski definition) is 1. The van der Waals surface area contributed by atoms with Crippen molar-refractivity contribution in [2.45, 2.75) is 72.6 Å². The summed E-state index contributed by atoms with van der Waals surface area (Å²) >= 11 is 13.6. The number of aliphatic hydroxyl groups excluding tert-OH is 1. The Hall–Kier alpha value is -4.32. The lowest BCUT2D eigenvalue weighted by atomic mass is 9.98. The quantitative estimate of drug-likeness (QED) is 0.0783. The summed E-state index contributed by atoms with van der Waals surface area (Å²) in [5, 5.41) is 15.3. The molecule has 306 valence electrons. The first-order valence-electron chi connectivity index (χ1n) is 19.3. The summed E-state index contributed by atoms with van der Waals surface area (Å²) in [6.07, 6.45) is 9.25. The number of allylic oxidation sites excluding steroid dienone is 2. The molecule has 1 unspecified atom stereocenters. The Kier molecular flexibility index (Phi) is 14.6. The minimum atomic E-state index is -0.162. The van der Waals surface area contributed by atoms with Crippen molar-refractivity contribution in [3.05, 3.63) is 92.5 Å². The molecule has 0 saturated carbocycles. The van der Waals surface area contributed by atoms with Crippen LogP contribution in [-0.4, -0.2) is 84.5 Å². The van der Waals surface area contributed by atoms with Crippen LogP contribution in [0.2, 0.25) is 5.02 Å². The van der Waals surface area contributed by atoms with Crippen LogP contribution in [0.5, 0.6) is 5.75 Å². The maximum absolute atomic E-state index is 13.4. The molecular weight excluding hydrogens is 761 g/mol. The molecule has 3 aromatic heterocycles. The molecule has 3 heterocycles. The van der Waals surface area contributed by atoms with Gasteiger partial charge in [-0.2, -0.15) is 5.10 Å². The number of aryl methyl sites for hydroxylation is 3. The lowest BCUT2D eigenvalue weighted by molar-refractivity contribution is 0.0822. The molecule has 1 aliphatic rings. The van der Waals surface area contributed by atoms with Crippen LogP contribution in [0.25, 0.3) is 39.0 Å². The minimum absolute atomic E-state index is 0.0203. The predicted octanol–water partition coefficient (Wildman–Crippen LogP) is 9.86. The van der Waals surface area contributed by atoms with Gasteiger partial charge in [-0.25, -0.2) is 0 Å². The van der Waals surface area contributed by atoms with Gasteiger partial charge in [0.25, 0.3) is 0 Å². The Morgan fingerprint density at radius 1 is 1.07 bits per heavy atom. The van der Waals surface area contributed by atoms with E-state index in [0.717, 1.165) is 109 Å². The number of aliphatic hydroxyl groups is 1. The molecule has 0 spiro atoms. The molecule has 57 heavy (non-hydrogen) atoms. The fourth-order valence-corrected chi connectivity index (χ4v) is 8.73. The molecule has 10 nitrogen and oxygen atoms in total. The van der Waals surface area contributed by atoms with Crippen LogP contribution in [0.15, 0.2) is 59.3 Å². The van der Waals surface area contributed by atoms with Gasteiger partial charge in [-0.15, -0.1) is 0 Å². The van der Waals surface area contributed by atoms with Gasteiger partial charge in [0.1, 0.15) is 5.75 Å². The molecule has 0 amide bonds. The van der Waals surface area contributed by atoms with Gasteiger partial charge in [0.2, 0.25) is 0 Å². The third kappa shape index (κ3) is 8.61. The first-order valence-corrected chi connectivity index (χ1v) is 20.0. The summed E-state index contributed by atoms with van der Waals surface area (Å²) in [6.45, 7) is 16.8. The summed E-state index contributed by atoms with van der Waals surface area (Å²) < 4.78 is 23.9. The first kappa shape index (κ1) is 43.8. The number of methoxy groups -OCH3 is 2. The number of nitrogens with zero attached hydrogens (tertiary/aromatic N) is 5. The molecule has 2 atom stereocenters. The Bertz CT molecular complexity index is 2330. The van der Waals surface area contributed by atoms with Crippen molar-refractivity contribution in [3.8, 4) is 16.9 Å². The molecule has 0 fully saturated rings. The smallest absolute Gasteiger partial charge is 0.166 e. The third-order valence-electron chi connectivity index (χ3n) is 11.0. The molecule has 6 rings (SSSR count). The lowest BCUT2D eigenvalue weighted by Gasteiger charge is -2.28. The highest BCUT2D eigenvalue weighted by molar-refractivity contribution is 6.35. The topological polar surface area (TPSA) is 95.9 Å². The van der Waals surface area contributed by atoms with E-state index in [1.165, 1.54) is 0 Å². The van der Waals surface area contributed by atoms with Crippen molar-refractivity contribution in [2.24, 2.45) is 7.05 Å². The molecule has 0 saturated heterocycles. The first-order chi connectivity index (χ1) is 27.3. The third-order valence-corrected chi connectivity index (χ3v) is 12.0. The second-order valence-corrected chi connectivity index (χ2v) is 15.5. The van der Waals surface area contributed by atoms with E-state index in [4.69, 9.17) is 47.6 Å². The number of benzene rings is 2. The van der Waals surface area contributed by atoms with Crippen LogP contribution < -0.4 is 9.64 Å². The van der Waals surface area contributed by atoms with Crippen molar-refractivity contribution in [3.63, 3.8) is 0 Å². The molecular formula is C45H57Cl2N5O5. The van der Waals surface area contributed by atoms with Crippen LogP contribution in [0.4, 0.5) is 5.69 Å². The monoisotopic (exact) mass is 817 g/mol. The SMILES string of the molecule is C=Cc1cn(CCOC)c2c(N(C)C[C@@H](C)n3c(C=O)c(CCCOC4C=C(C)C(Cl)=C(C)C4)c4ccc(Cl)c(-c5c(C)nn(C)c5C)c43)cc(OC)cc12.CO. The van der Waals surface area contributed by atoms with E-state index in [1.807, 2.05) is 37.7 Å². The molecule has 0 aliphatic heterocycles. The molecule has 12 heteroatoms. The predicted molar refractivity (Wildman–Crippen MR) is 236 cm³/mol. The number of likely N-dealkylation sites (N-methyl/N-ethyl adjacent to an activating group) is 1. The van der Waals surface area contributed by atoms with Crippen LogP contribution in [-0.2, 0) is 29.5 Å². The highest BCUT2D eigenvalue weighted by Gasteiger charge is 2.28. The zero-order valence-corrected chi connectivity index (χ0v) is 36.5. The largest absolute Gasteiger partial charge is 0.497 e. The van der Waals surface area contributed by atoms with Crippen LogP contribution in [0.3, 0.4) is 0 Å². The summed E-state index contributed by atoms with van der Waals surface area (Å²) in [7, 11) is 8.43. The highest BCUT2D eigenvalue weighted by Crippen LogP contribution is 2.44. The maximum atomic E-state index is 13.4. The fourth-order valence-electron chi connectivity index (χ4n) is 8.35. The number of carbonyl (C=O) groups is 1. The summed E-state index contributed by atoms with van der Waals surface area (Å²) in [5.41, 5.74) is 11.6. The van der Waals surface area contributed by atoms with Gasteiger partial charge in [-0.3, -0.25) is 9.48 Å². The number of fused-ring (bicyclic) bond motifs is 2. The van der Waals surface area contributed by atoms with Gasteiger partial charge >= 0.3 is 0 Å². The van der Waals surface area contributed by atoms with Gasteiger partial charge in [0.15, 0.2) is 6.29 Å². The number of aromatic nitrogens is 4. The van der Waals surface area contributed by atoms with E-state index in [-0.39, 0.29) is 12.1 Å². The fraction of sp³-hybridized carbons (Fsp3) is 0.422. The van der Waals surface area contributed by atoms with Gasteiger partial charge in [0.05, 0.1) is 53.0 Å². The number of anilines is 1. The van der Waals surface area contributed by atoms with Gasteiger partial charge in [-0.1, -0.05) is 53.6 Å². The number of rotatable bonds is 16. The molecule has 5 aromatic rings. The zero-order chi connectivity index (χ0) is 41.7. The van der Waals surface area contributed by atoms with E-state index in [0.29, 0.717) is 43.4 Å². The van der Waals surface area contributed by atoms with Crippen molar-refractivity contribution >= 4 is 63.1 Å². The summed E-state index contributed by atoms with van der Waals surface area (Å²) in [6, 6.07) is 7.98. The van der Waals surface area contributed by atoms with E-state index in [2.05, 4.69) is 78.9 Å². The lowest BCUT2D eigenvalue weighted by Crippen LogP contribution is -2.27. The Morgan fingerprint density at radius 2 is 1.81 bits per heavy atom. The second-order valence-electron chi connectivity index (χ2n) is 14.7. The van der Waals surface area contributed by atoms with Gasteiger partial charge in [0, 0.05) is 98.9 Å². The number of hydrogen-bond acceptors (Lipinski definition) is 7. The van der Waals surface area contributed by atoms with Gasteiger partial charge in [-0.05, 0) is 82.7 Å². The minimum Gasteiger partial charge on any atom is -0.497 e. The highest BCUT2D eigenvalue weighted by atomic mass is 35.5.